The molecule has 1 aromatic carbocycles. The van der Waals surface area contributed by atoms with Crippen LogP contribution in [0.4, 0.5) is 4.39 Å². The molecule has 0 heterocycles. The predicted octanol–water partition coefficient (Wildman–Crippen LogP) is 0.294. The Labute approximate surface area is 105 Å². The molecule has 6 heteroatoms. The van der Waals surface area contributed by atoms with Crippen molar-refractivity contribution in [2.45, 2.75) is 6.04 Å². The van der Waals surface area contributed by atoms with E-state index < -0.39 is 11.9 Å². The van der Waals surface area contributed by atoms with Gasteiger partial charge in [0.1, 0.15) is 12.6 Å². The van der Waals surface area contributed by atoms with Gasteiger partial charge in [-0.05, 0) is 12.1 Å². The largest absolute Gasteiger partial charge is 0.489 e. The van der Waals surface area contributed by atoms with E-state index in [0.29, 0.717) is 0 Å². The molecule has 0 aliphatic heterocycles. The van der Waals surface area contributed by atoms with Crippen LogP contribution in [0.15, 0.2) is 24.3 Å². The van der Waals surface area contributed by atoms with Crippen LogP contribution in [-0.2, 0) is 9.53 Å². The van der Waals surface area contributed by atoms with Gasteiger partial charge < -0.3 is 20.5 Å². The molecule has 0 saturated carbocycles. The van der Waals surface area contributed by atoms with Crippen molar-refractivity contribution in [1.29, 1.82) is 0 Å². The van der Waals surface area contributed by atoms with Gasteiger partial charge in [-0.1, -0.05) is 12.1 Å². The van der Waals surface area contributed by atoms with Gasteiger partial charge in [-0.15, -0.1) is 0 Å². The number of halogens is 1. The van der Waals surface area contributed by atoms with Crippen LogP contribution < -0.4 is 15.8 Å². The van der Waals surface area contributed by atoms with Crippen LogP contribution in [0.3, 0.4) is 0 Å². The molecule has 5 nitrogen and oxygen atoms in total. The number of carbonyl (C=O) groups excluding carboxylic acids is 1. The second-order valence-corrected chi connectivity index (χ2v) is 3.63. The molecule has 0 fully saturated rings. The smallest absolute Gasteiger partial charge is 0.239 e. The lowest BCUT2D eigenvalue weighted by Crippen LogP contribution is -2.44. The quantitative estimate of drug-likeness (QED) is 0.688. The molecule has 18 heavy (non-hydrogen) atoms. The highest BCUT2D eigenvalue weighted by atomic mass is 19.1. The Kier molecular flexibility index (Phi) is 6.10. The Morgan fingerprint density at radius 3 is 2.89 bits per heavy atom. The zero-order valence-electron chi connectivity index (χ0n) is 10.2. The molecular weight excluding hydrogens is 239 g/mol. The highest BCUT2D eigenvalue weighted by Gasteiger charge is 2.11. The molecule has 0 aliphatic rings. The van der Waals surface area contributed by atoms with E-state index in [1.165, 1.54) is 19.2 Å². The van der Waals surface area contributed by atoms with Crippen LogP contribution in [0, 0.1) is 5.82 Å². The number of ether oxygens (including phenoxy) is 2. The first-order chi connectivity index (χ1) is 8.65. The van der Waals surface area contributed by atoms with Crippen LogP contribution in [-0.4, -0.2) is 38.8 Å². The second-order valence-electron chi connectivity index (χ2n) is 3.63. The van der Waals surface area contributed by atoms with Crippen LogP contribution in [0.25, 0.3) is 0 Å². The normalized spacial score (nSPS) is 11.9. The number of rotatable bonds is 7. The fourth-order valence-electron chi connectivity index (χ4n) is 1.28. The summed E-state index contributed by atoms with van der Waals surface area (Å²) < 4.78 is 23.1. The summed E-state index contributed by atoms with van der Waals surface area (Å²) in [5.74, 6) is -0.596. The molecule has 100 valence electrons. The number of hydrogen-bond acceptors (Lipinski definition) is 4. The minimum atomic E-state index is -0.705. The van der Waals surface area contributed by atoms with Gasteiger partial charge in [-0.25, -0.2) is 4.39 Å². The van der Waals surface area contributed by atoms with Gasteiger partial charge in [0, 0.05) is 7.11 Å². The van der Waals surface area contributed by atoms with Crippen molar-refractivity contribution < 1.29 is 18.7 Å². The summed E-state index contributed by atoms with van der Waals surface area (Å²) in [5, 5.41) is 2.57. The maximum atomic E-state index is 13.2. The van der Waals surface area contributed by atoms with Crippen molar-refractivity contribution in [3.05, 3.63) is 30.1 Å². The lowest BCUT2D eigenvalue weighted by atomic mass is 10.3. The summed E-state index contributed by atoms with van der Waals surface area (Å²) in [5.41, 5.74) is 5.51. The minimum absolute atomic E-state index is 0.153. The molecule has 0 saturated heterocycles. The summed E-state index contributed by atoms with van der Waals surface area (Å²) in [6.07, 6.45) is 0. The van der Waals surface area contributed by atoms with Gasteiger partial charge in [0.2, 0.25) is 5.91 Å². The van der Waals surface area contributed by atoms with Crippen molar-refractivity contribution in [3.8, 4) is 5.75 Å². The summed E-state index contributed by atoms with van der Waals surface area (Å²) >= 11 is 0. The van der Waals surface area contributed by atoms with E-state index in [2.05, 4.69) is 5.32 Å². The summed E-state index contributed by atoms with van der Waals surface area (Å²) in [4.78, 5) is 11.4. The number of para-hydroxylation sites is 1. The zero-order chi connectivity index (χ0) is 13.4. The topological polar surface area (TPSA) is 73.6 Å². The monoisotopic (exact) mass is 256 g/mol. The fraction of sp³-hybridized carbons (Fsp3) is 0.417. The van der Waals surface area contributed by atoms with Gasteiger partial charge in [-0.2, -0.15) is 0 Å². The molecule has 0 aliphatic carbocycles. The first-order valence-corrected chi connectivity index (χ1v) is 5.54. The molecule has 1 atom stereocenters. The summed E-state index contributed by atoms with van der Waals surface area (Å²) in [6, 6.07) is 5.37. The van der Waals surface area contributed by atoms with Crippen LogP contribution in [0.5, 0.6) is 5.75 Å². The van der Waals surface area contributed by atoms with Crippen molar-refractivity contribution in [2.75, 3.05) is 26.9 Å². The fourth-order valence-corrected chi connectivity index (χ4v) is 1.28. The average molecular weight is 256 g/mol. The van der Waals surface area contributed by atoms with Crippen molar-refractivity contribution in [2.24, 2.45) is 5.73 Å². The number of methoxy groups -OCH3 is 1. The average Bonchev–Trinajstić information content (AvgIpc) is 2.36. The lowest BCUT2D eigenvalue weighted by Gasteiger charge is -2.12. The van der Waals surface area contributed by atoms with E-state index in [4.69, 9.17) is 15.2 Å². The van der Waals surface area contributed by atoms with Gasteiger partial charge in [0.25, 0.3) is 0 Å². The lowest BCUT2D eigenvalue weighted by molar-refractivity contribution is -0.123. The van der Waals surface area contributed by atoms with E-state index >= 15 is 0 Å². The Morgan fingerprint density at radius 2 is 2.22 bits per heavy atom. The number of hydrogen-bond donors (Lipinski definition) is 2. The highest BCUT2D eigenvalue weighted by Crippen LogP contribution is 2.14. The molecule has 3 N–H and O–H groups in total. The van der Waals surface area contributed by atoms with Crippen LogP contribution in [0.2, 0.25) is 0 Å². The third kappa shape index (κ3) is 4.68. The maximum absolute atomic E-state index is 13.2. The Balaban J connectivity index is 2.23. The molecule has 1 amide bonds. The number of nitrogens with one attached hydrogen (secondary N) is 1. The maximum Gasteiger partial charge on any atom is 0.239 e. The first-order valence-electron chi connectivity index (χ1n) is 5.54. The van der Waals surface area contributed by atoms with E-state index in [1.54, 1.807) is 12.1 Å². The van der Waals surface area contributed by atoms with E-state index in [1.807, 2.05) is 0 Å². The zero-order valence-corrected chi connectivity index (χ0v) is 10.2. The molecule has 1 unspecified atom stereocenters. The second kappa shape index (κ2) is 7.62. The summed E-state index contributed by atoms with van der Waals surface area (Å²) in [7, 11) is 1.47. The molecule has 0 radical (unpaired) electrons. The third-order valence-corrected chi connectivity index (χ3v) is 2.18. The van der Waals surface area contributed by atoms with Gasteiger partial charge in [0.15, 0.2) is 11.6 Å². The molecule has 0 aromatic heterocycles. The SMILES string of the molecule is COCC(N)C(=O)NCCOc1ccccc1F. The number of amides is 1. The minimum Gasteiger partial charge on any atom is -0.489 e. The Bertz CT molecular complexity index is 387. The molecule has 0 bridgehead atoms. The van der Waals surface area contributed by atoms with Crippen molar-refractivity contribution in [1.82, 2.24) is 5.32 Å². The number of nitrogens with two attached hydrogens (primary N) is 1. The van der Waals surface area contributed by atoms with Crippen molar-refractivity contribution in [3.63, 3.8) is 0 Å². The standard InChI is InChI=1S/C12H17FN2O3/c1-17-8-10(14)12(16)15-6-7-18-11-5-3-2-4-9(11)13/h2-5,10H,6-8,14H2,1H3,(H,15,16). The van der Waals surface area contributed by atoms with E-state index in [9.17, 15) is 9.18 Å². The third-order valence-electron chi connectivity index (χ3n) is 2.18. The van der Waals surface area contributed by atoms with Crippen molar-refractivity contribution >= 4 is 5.91 Å². The van der Waals surface area contributed by atoms with Gasteiger partial charge in [0.05, 0.1) is 13.2 Å². The molecule has 1 aromatic rings. The van der Waals surface area contributed by atoms with Gasteiger partial charge in [-0.3, -0.25) is 4.79 Å². The molecular formula is C12H17FN2O3. The Hall–Kier alpha value is -1.66. The van der Waals surface area contributed by atoms with E-state index in [-0.39, 0.29) is 31.4 Å². The number of benzene rings is 1. The Morgan fingerprint density at radius 1 is 1.50 bits per heavy atom. The summed E-state index contributed by atoms with van der Waals surface area (Å²) in [6.45, 7) is 0.580. The molecule has 0 spiro atoms. The molecule has 1 rings (SSSR count). The highest BCUT2D eigenvalue weighted by molar-refractivity contribution is 5.81. The first kappa shape index (κ1) is 14.4. The van der Waals surface area contributed by atoms with Crippen LogP contribution in [0.1, 0.15) is 0 Å². The number of carbonyl (C=O) groups is 1. The predicted molar refractivity (Wildman–Crippen MR) is 64.8 cm³/mol. The van der Waals surface area contributed by atoms with Gasteiger partial charge >= 0.3 is 0 Å². The van der Waals surface area contributed by atoms with Crippen LogP contribution >= 0.6 is 0 Å². The van der Waals surface area contributed by atoms with E-state index in [0.717, 1.165) is 0 Å².